The number of halogens is 2. The topological polar surface area (TPSA) is 64.2 Å². The molecule has 0 radical (unpaired) electrons. The smallest absolute Gasteiger partial charge is 0.323 e. The summed E-state index contributed by atoms with van der Waals surface area (Å²) in [5.41, 5.74) is 3.19. The average molecular weight is 422 g/mol. The van der Waals surface area contributed by atoms with Crippen molar-refractivity contribution in [3.8, 4) is 0 Å². The monoisotopic (exact) mass is 422 g/mol. The first-order chi connectivity index (χ1) is 14.8. The summed E-state index contributed by atoms with van der Waals surface area (Å²) in [6.45, 7) is 1.64. The van der Waals surface area contributed by atoms with Gasteiger partial charge in [-0.2, -0.15) is 0 Å². The summed E-state index contributed by atoms with van der Waals surface area (Å²) in [6.07, 6.45) is 2.10. The van der Waals surface area contributed by atoms with Crippen molar-refractivity contribution >= 4 is 16.9 Å². The Morgan fingerprint density at radius 1 is 1.03 bits per heavy atom. The minimum atomic E-state index is -0.965. The summed E-state index contributed by atoms with van der Waals surface area (Å²) in [5.74, 6) is -2.85. The van der Waals surface area contributed by atoms with Gasteiger partial charge in [0.05, 0.1) is 6.54 Å². The van der Waals surface area contributed by atoms with Gasteiger partial charge in [0, 0.05) is 40.8 Å². The van der Waals surface area contributed by atoms with Crippen LogP contribution in [0.5, 0.6) is 0 Å². The van der Waals surface area contributed by atoms with Crippen LogP contribution in [0.25, 0.3) is 10.9 Å². The molecule has 2 aromatic heterocycles. The zero-order valence-corrected chi connectivity index (χ0v) is 16.8. The molecule has 0 atom stereocenters. The third-order valence-corrected chi connectivity index (χ3v) is 5.45. The highest BCUT2D eigenvalue weighted by Crippen LogP contribution is 2.28. The number of nitrogens with zero attached hydrogens (tertiary/aromatic N) is 2. The third kappa shape index (κ3) is 3.99. The molecule has 4 aromatic rings. The van der Waals surface area contributed by atoms with Gasteiger partial charge in [0.15, 0.2) is 11.6 Å². The molecule has 158 valence electrons. The van der Waals surface area contributed by atoms with Gasteiger partial charge in [-0.3, -0.25) is 9.59 Å². The first-order valence-corrected chi connectivity index (χ1v) is 9.76. The lowest BCUT2D eigenvalue weighted by Crippen LogP contribution is -2.20. The maximum absolute atomic E-state index is 14.1. The van der Waals surface area contributed by atoms with Crippen LogP contribution in [0.2, 0.25) is 0 Å². The Morgan fingerprint density at radius 2 is 1.81 bits per heavy atom. The van der Waals surface area contributed by atoms with Gasteiger partial charge in [0.25, 0.3) is 5.56 Å². The number of aliphatic carboxylic acids is 1. The van der Waals surface area contributed by atoms with Crippen LogP contribution in [0.1, 0.15) is 22.4 Å². The van der Waals surface area contributed by atoms with Crippen molar-refractivity contribution in [1.82, 2.24) is 9.13 Å². The molecule has 5 nitrogen and oxygen atoms in total. The number of hydrogen-bond acceptors (Lipinski definition) is 2. The Hall–Kier alpha value is -3.74. The third-order valence-electron chi connectivity index (χ3n) is 5.45. The van der Waals surface area contributed by atoms with Crippen molar-refractivity contribution in [2.75, 3.05) is 0 Å². The predicted octanol–water partition coefficient (Wildman–Crippen LogP) is 4.11. The highest BCUT2D eigenvalue weighted by Gasteiger charge is 2.16. The molecule has 2 aromatic carbocycles. The van der Waals surface area contributed by atoms with Crippen LogP contribution in [0.15, 0.2) is 65.6 Å². The average Bonchev–Trinajstić information content (AvgIpc) is 2.99. The SMILES string of the molecule is Cc1c(Cc2ccc(=O)n(Cc3cccc(F)c3F)c2)c2ccccc2n1CC(=O)O. The van der Waals surface area contributed by atoms with E-state index in [0.717, 1.165) is 33.8 Å². The number of aromatic nitrogens is 2. The minimum absolute atomic E-state index is 0.0873. The van der Waals surface area contributed by atoms with E-state index in [1.54, 1.807) is 16.8 Å². The Morgan fingerprint density at radius 3 is 2.58 bits per heavy atom. The molecule has 0 saturated carbocycles. The maximum atomic E-state index is 14.1. The normalized spacial score (nSPS) is 11.2. The second kappa shape index (κ2) is 8.18. The van der Waals surface area contributed by atoms with Crippen molar-refractivity contribution < 1.29 is 18.7 Å². The Balaban J connectivity index is 1.73. The van der Waals surface area contributed by atoms with E-state index in [1.807, 2.05) is 31.2 Å². The van der Waals surface area contributed by atoms with Crippen molar-refractivity contribution in [1.29, 1.82) is 0 Å². The molecular weight excluding hydrogens is 402 g/mol. The van der Waals surface area contributed by atoms with Crippen molar-refractivity contribution in [2.45, 2.75) is 26.4 Å². The van der Waals surface area contributed by atoms with Crippen molar-refractivity contribution in [3.63, 3.8) is 0 Å². The van der Waals surface area contributed by atoms with Crippen molar-refractivity contribution in [3.05, 3.63) is 105 Å². The summed E-state index contributed by atoms with van der Waals surface area (Å²) >= 11 is 0. The molecule has 1 N–H and O–H groups in total. The van der Waals surface area contributed by atoms with Crippen molar-refractivity contribution in [2.24, 2.45) is 0 Å². The lowest BCUT2D eigenvalue weighted by Gasteiger charge is -2.10. The Labute approximate surface area is 176 Å². The molecule has 0 amide bonds. The Bertz CT molecular complexity index is 1350. The van der Waals surface area contributed by atoms with Gasteiger partial charge in [0.2, 0.25) is 0 Å². The lowest BCUT2D eigenvalue weighted by molar-refractivity contribution is -0.137. The number of carboxylic acids is 1. The van der Waals surface area contributed by atoms with Gasteiger partial charge in [-0.05, 0) is 30.2 Å². The molecule has 0 fully saturated rings. The Kier molecular flexibility index (Phi) is 5.42. The highest BCUT2D eigenvalue weighted by molar-refractivity contribution is 5.87. The van der Waals surface area contributed by atoms with E-state index >= 15 is 0 Å². The summed E-state index contributed by atoms with van der Waals surface area (Å²) in [5, 5.41) is 10.2. The van der Waals surface area contributed by atoms with Gasteiger partial charge in [-0.15, -0.1) is 0 Å². The van der Waals surface area contributed by atoms with Crippen LogP contribution in [-0.4, -0.2) is 20.2 Å². The fourth-order valence-corrected chi connectivity index (χ4v) is 3.93. The van der Waals surface area contributed by atoms with Gasteiger partial charge >= 0.3 is 5.97 Å². The number of hydrogen-bond donors (Lipinski definition) is 1. The largest absolute Gasteiger partial charge is 0.480 e. The van der Waals surface area contributed by atoms with Crippen LogP contribution >= 0.6 is 0 Å². The number of carbonyl (C=O) groups is 1. The fourth-order valence-electron chi connectivity index (χ4n) is 3.93. The number of benzene rings is 2. The van der Waals surface area contributed by atoms with Gasteiger partial charge < -0.3 is 14.2 Å². The first-order valence-electron chi connectivity index (χ1n) is 9.76. The molecule has 0 aliphatic heterocycles. The molecule has 0 aliphatic rings. The van der Waals surface area contributed by atoms with E-state index in [-0.39, 0.29) is 24.2 Å². The first kappa shape index (κ1) is 20.5. The quantitative estimate of drug-likeness (QED) is 0.509. The number of pyridine rings is 1. The highest BCUT2D eigenvalue weighted by atomic mass is 19.2. The van der Waals surface area contributed by atoms with Crippen LogP contribution in [0.3, 0.4) is 0 Å². The second-order valence-electron chi connectivity index (χ2n) is 7.45. The lowest BCUT2D eigenvalue weighted by atomic mass is 10.0. The van der Waals surface area contributed by atoms with Crippen LogP contribution < -0.4 is 5.56 Å². The van der Waals surface area contributed by atoms with E-state index in [0.29, 0.717) is 6.42 Å². The van der Waals surface area contributed by atoms with E-state index in [9.17, 15) is 23.5 Å². The van der Waals surface area contributed by atoms with E-state index in [1.165, 1.54) is 22.8 Å². The fraction of sp³-hybridized carbons (Fsp3) is 0.167. The minimum Gasteiger partial charge on any atom is -0.480 e. The van der Waals surface area contributed by atoms with E-state index < -0.39 is 17.6 Å². The standard InChI is InChI=1S/C24H20F2N2O3/c1-15-19(18-6-2-3-8-21(18)28(15)14-23(30)31)11-16-9-10-22(29)27(12-16)13-17-5-4-7-20(25)24(17)26/h2-10,12H,11,13-14H2,1H3,(H,30,31). The van der Waals surface area contributed by atoms with Crippen LogP contribution in [0.4, 0.5) is 8.78 Å². The number of carboxylic acid groups (broad SMARTS) is 1. The number of para-hydroxylation sites is 1. The predicted molar refractivity (Wildman–Crippen MR) is 113 cm³/mol. The summed E-state index contributed by atoms with van der Waals surface area (Å²) in [4.78, 5) is 23.6. The van der Waals surface area contributed by atoms with Crippen LogP contribution in [0, 0.1) is 18.6 Å². The second-order valence-corrected chi connectivity index (χ2v) is 7.45. The zero-order valence-electron chi connectivity index (χ0n) is 16.8. The van der Waals surface area contributed by atoms with Gasteiger partial charge in [0.1, 0.15) is 6.54 Å². The molecular formula is C24H20F2N2O3. The number of rotatable bonds is 6. The molecule has 0 unspecified atom stereocenters. The molecule has 0 spiro atoms. The summed E-state index contributed by atoms with van der Waals surface area (Å²) < 4.78 is 30.7. The molecule has 0 saturated heterocycles. The van der Waals surface area contributed by atoms with Gasteiger partial charge in [-0.1, -0.05) is 36.4 Å². The molecule has 0 aliphatic carbocycles. The van der Waals surface area contributed by atoms with Crippen LogP contribution in [-0.2, 0) is 24.3 Å². The molecule has 7 heteroatoms. The summed E-state index contributed by atoms with van der Waals surface area (Å²) in [6, 6.07) is 14.6. The molecule has 0 bridgehead atoms. The van der Waals surface area contributed by atoms with Gasteiger partial charge in [-0.25, -0.2) is 8.78 Å². The molecule has 2 heterocycles. The molecule has 31 heavy (non-hydrogen) atoms. The maximum Gasteiger partial charge on any atom is 0.323 e. The summed E-state index contributed by atoms with van der Waals surface area (Å²) in [7, 11) is 0. The van der Waals surface area contributed by atoms with E-state index in [4.69, 9.17) is 0 Å². The number of fused-ring (bicyclic) bond motifs is 1. The zero-order chi connectivity index (χ0) is 22.1. The van der Waals surface area contributed by atoms with E-state index in [2.05, 4.69) is 0 Å². The molecule has 4 rings (SSSR count).